The Hall–Kier alpha value is -2.57. The van der Waals surface area contributed by atoms with E-state index in [-0.39, 0.29) is 23.1 Å². The minimum absolute atomic E-state index is 0.0147. The van der Waals surface area contributed by atoms with Crippen LogP contribution in [0.25, 0.3) is 11.0 Å². The quantitative estimate of drug-likeness (QED) is 0.796. The molecule has 0 radical (unpaired) electrons. The molecule has 25 heavy (non-hydrogen) atoms. The molecule has 0 atom stereocenters. The normalized spacial score (nSPS) is 17.9. The molecule has 0 bridgehead atoms. The maximum atomic E-state index is 12.3. The number of fused-ring (bicyclic) bond motifs is 1. The van der Waals surface area contributed by atoms with Crippen molar-refractivity contribution in [2.24, 2.45) is 11.3 Å². The number of benzene rings is 1. The van der Waals surface area contributed by atoms with Crippen molar-refractivity contribution < 1.29 is 9.59 Å². The number of carbonyl (C=O) groups excluding carboxylic acids is 2. The minimum atomic E-state index is -0.325. The fourth-order valence-corrected chi connectivity index (χ4v) is 2.86. The summed E-state index contributed by atoms with van der Waals surface area (Å²) in [5.74, 6) is 0.468. The topological polar surface area (TPSA) is 96.9 Å². The first kappa shape index (κ1) is 15.9. The summed E-state index contributed by atoms with van der Waals surface area (Å²) in [6.45, 7) is 1.14. The predicted octanol–water partition coefficient (Wildman–Crippen LogP) is 1.45. The molecule has 2 aliphatic carbocycles. The second-order valence-electron chi connectivity index (χ2n) is 7.23. The summed E-state index contributed by atoms with van der Waals surface area (Å²) in [4.78, 5) is 28.4. The van der Waals surface area contributed by atoms with Crippen LogP contribution in [0.1, 0.15) is 42.7 Å². The number of rotatable bonds is 7. The van der Waals surface area contributed by atoms with Crippen LogP contribution in [0, 0.1) is 11.3 Å². The van der Waals surface area contributed by atoms with Gasteiger partial charge in [-0.25, -0.2) is 4.98 Å². The summed E-state index contributed by atoms with van der Waals surface area (Å²) in [7, 11) is 0. The second-order valence-corrected chi connectivity index (χ2v) is 7.23. The zero-order valence-electron chi connectivity index (χ0n) is 14.0. The van der Waals surface area contributed by atoms with Crippen molar-refractivity contribution in [3.63, 3.8) is 0 Å². The van der Waals surface area contributed by atoms with Gasteiger partial charge in [0.25, 0.3) is 5.91 Å². The van der Waals surface area contributed by atoms with E-state index in [0.717, 1.165) is 12.8 Å². The first-order valence-corrected chi connectivity index (χ1v) is 8.78. The van der Waals surface area contributed by atoms with Crippen LogP contribution < -0.4 is 10.6 Å². The predicted molar refractivity (Wildman–Crippen MR) is 91.7 cm³/mol. The van der Waals surface area contributed by atoms with Gasteiger partial charge in [0.2, 0.25) is 11.7 Å². The third kappa shape index (κ3) is 3.92. The van der Waals surface area contributed by atoms with Gasteiger partial charge in [-0.15, -0.1) is 10.2 Å². The van der Waals surface area contributed by atoms with Gasteiger partial charge in [-0.05, 0) is 43.7 Å². The highest BCUT2D eigenvalue weighted by atomic mass is 16.2. The van der Waals surface area contributed by atoms with Crippen molar-refractivity contribution in [2.75, 3.05) is 13.1 Å². The molecule has 2 N–H and O–H groups in total. The number of aromatic nitrogens is 3. The van der Waals surface area contributed by atoms with Crippen molar-refractivity contribution in [1.29, 1.82) is 0 Å². The molecule has 2 aliphatic rings. The molecule has 7 heteroatoms. The minimum Gasteiger partial charge on any atom is -0.355 e. The van der Waals surface area contributed by atoms with Crippen molar-refractivity contribution in [3.8, 4) is 0 Å². The molecule has 130 valence electrons. The van der Waals surface area contributed by atoms with Gasteiger partial charge in [-0.3, -0.25) is 9.59 Å². The molecule has 0 saturated heterocycles. The van der Waals surface area contributed by atoms with Crippen LogP contribution >= 0.6 is 0 Å². The molecule has 2 saturated carbocycles. The summed E-state index contributed by atoms with van der Waals surface area (Å²) in [6.07, 6.45) is 5.00. The lowest BCUT2D eigenvalue weighted by Crippen LogP contribution is -2.38. The van der Waals surface area contributed by atoms with Gasteiger partial charge in [0.15, 0.2) is 0 Å². The van der Waals surface area contributed by atoms with Gasteiger partial charge < -0.3 is 10.6 Å². The van der Waals surface area contributed by atoms with Crippen LogP contribution in [0.2, 0.25) is 0 Å². The van der Waals surface area contributed by atoms with Crippen molar-refractivity contribution in [1.82, 2.24) is 25.8 Å². The highest BCUT2D eigenvalue weighted by Crippen LogP contribution is 2.44. The van der Waals surface area contributed by atoms with Crippen LogP contribution in [0.3, 0.4) is 0 Å². The highest BCUT2D eigenvalue weighted by molar-refractivity contribution is 5.91. The van der Waals surface area contributed by atoms with Gasteiger partial charge in [0.05, 0.1) is 5.52 Å². The Morgan fingerprint density at radius 1 is 1.04 bits per heavy atom. The first-order chi connectivity index (χ1) is 12.1. The average molecular weight is 339 g/mol. The Bertz CT molecular complexity index is 814. The third-order valence-electron chi connectivity index (χ3n) is 4.98. The Labute approximate surface area is 145 Å². The molecular weight excluding hydrogens is 318 g/mol. The number of hydrogen-bond acceptors (Lipinski definition) is 5. The number of amides is 2. The van der Waals surface area contributed by atoms with E-state index < -0.39 is 0 Å². The molecule has 0 aliphatic heterocycles. The van der Waals surface area contributed by atoms with Gasteiger partial charge in [0.1, 0.15) is 5.52 Å². The van der Waals surface area contributed by atoms with E-state index in [1.165, 1.54) is 12.8 Å². The standard InChI is InChI=1S/C18H21N5O2/c24-15(9-12-5-6-12)19-10-18(7-8-18)11-20-17(25)16-21-13-3-1-2-4-14(13)22-23-16/h1-4,12H,5-11H2,(H,19,24)(H,20,25). The Morgan fingerprint density at radius 2 is 1.76 bits per heavy atom. The molecule has 2 fully saturated rings. The molecule has 0 spiro atoms. The first-order valence-electron chi connectivity index (χ1n) is 8.78. The van der Waals surface area contributed by atoms with Gasteiger partial charge in [-0.2, -0.15) is 0 Å². The van der Waals surface area contributed by atoms with Crippen LogP contribution in [0.5, 0.6) is 0 Å². The summed E-state index contributed by atoms with van der Waals surface area (Å²) in [5.41, 5.74) is 1.30. The summed E-state index contributed by atoms with van der Waals surface area (Å²) < 4.78 is 0. The Kier molecular flexibility index (Phi) is 4.07. The van der Waals surface area contributed by atoms with Crippen LogP contribution in [-0.4, -0.2) is 40.1 Å². The lowest BCUT2D eigenvalue weighted by atomic mass is 10.1. The molecule has 1 aromatic heterocycles. The lowest BCUT2D eigenvalue weighted by molar-refractivity contribution is -0.121. The van der Waals surface area contributed by atoms with E-state index >= 15 is 0 Å². The molecule has 2 amide bonds. The zero-order chi connectivity index (χ0) is 17.3. The van der Waals surface area contributed by atoms with Crippen LogP contribution in [0.15, 0.2) is 24.3 Å². The number of para-hydroxylation sites is 1. The van der Waals surface area contributed by atoms with E-state index in [9.17, 15) is 9.59 Å². The van der Waals surface area contributed by atoms with E-state index in [0.29, 0.717) is 36.5 Å². The molecule has 4 rings (SSSR count). The fourth-order valence-electron chi connectivity index (χ4n) is 2.86. The molecule has 0 unspecified atom stereocenters. The van der Waals surface area contributed by atoms with Gasteiger partial charge in [-0.1, -0.05) is 12.1 Å². The van der Waals surface area contributed by atoms with E-state index in [1.807, 2.05) is 12.1 Å². The van der Waals surface area contributed by atoms with E-state index in [4.69, 9.17) is 0 Å². The second kappa shape index (κ2) is 6.38. The van der Waals surface area contributed by atoms with Crippen LogP contribution in [0.4, 0.5) is 0 Å². The monoisotopic (exact) mass is 339 g/mol. The lowest BCUT2D eigenvalue weighted by Gasteiger charge is -2.16. The van der Waals surface area contributed by atoms with E-state index in [2.05, 4.69) is 25.8 Å². The molecule has 1 aromatic carbocycles. The Balaban J connectivity index is 1.30. The number of hydrogen-bond donors (Lipinski definition) is 2. The van der Waals surface area contributed by atoms with Gasteiger partial charge in [0, 0.05) is 24.9 Å². The average Bonchev–Trinajstić information content (AvgIpc) is 3.55. The number of carbonyl (C=O) groups is 2. The van der Waals surface area contributed by atoms with Crippen molar-refractivity contribution >= 4 is 22.8 Å². The van der Waals surface area contributed by atoms with E-state index in [1.54, 1.807) is 12.1 Å². The maximum absolute atomic E-state index is 12.3. The number of nitrogens with zero attached hydrogens (tertiary/aromatic N) is 3. The van der Waals surface area contributed by atoms with Crippen LogP contribution in [-0.2, 0) is 4.79 Å². The zero-order valence-corrected chi connectivity index (χ0v) is 14.0. The summed E-state index contributed by atoms with van der Waals surface area (Å²) in [6, 6.07) is 7.31. The fraction of sp³-hybridized carbons (Fsp3) is 0.500. The SMILES string of the molecule is O=C(CC1CC1)NCC1(CNC(=O)c2nnc3ccccc3n2)CC1. The number of nitrogens with one attached hydrogen (secondary N) is 2. The summed E-state index contributed by atoms with van der Waals surface area (Å²) in [5, 5.41) is 13.8. The van der Waals surface area contributed by atoms with Gasteiger partial charge >= 0.3 is 0 Å². The third-order valence-corrected chi connectivity index (χ3v) is 4.98. The molecule has 2 aromatic rings. The summed E-state index contributed by atoms with van der Waals surface area (Å²) >= 11 is 0. The largest absolute Gasteiger partial charge is 0.355 e. The Morgan fingerprint density at radius 3 is 2.48 bits per heavy atom. The van der Waals surface area contributed by atoms with Crippen molar-refractivity contribution in [3.05, 3.63) is 30.1 Å². The highest BCUT2D eigenvalue weighted by Gasteiger charge is 2.43. The maximum Gasteiger partial charge on any atom is 0.291 e. The molecule has 1 heterocycles. The molecular formula is C18H21N5O2. The molecule has 7 nitrogen and oxygen atoms in total. The van der Waals surface area contributed by atoms with Crippen molar-refractivity contribution in [2.45, 2.75) is 32.1 Å². The smallest absolute Gasteiger partial charge is 0.291 e.